The van der Waals surface area contributed by atoms with Crippen molar-refractivity contribution in [2.45, 2.75) is 0 Å². The Hall–Kier alpha value is -1.80. The molecule has 0 N–H and O–H groups in total. The number of benzene rings is 1. The van der Waals surface area contributed by atoms with E-state index in [0.717, 1.165) is 6.20 Å². The Balaban J connectivity index is 3.04. The van der Waals surface area contributed by atoms with E-state index in [0.29, 0.717) is 6.07 Å². The zero-order valence-electron chi connectivity index (χ0n) is 7.56. The zero-order chi connectivity index (χ0) is 11.9. The molecular weight excluding hydrogens is 241 g/mol. The van der Waals surface area contributed by atoms with E-state index in [9.17, 15) is 13.2 Å². The molecule has 0 spiro atoms. The first-order valence-electron chi connectivity index (χ1n) is 4.08. The molecule has 0 atom stereocenters. The van der Waals surface area contributed by atoms with Gasteiger partial charge in [-0.1, -0.05) is 11.6 Å². The van der Waals surface area contributed by atoms with Crippen LogP contribution in [-0.2, 0) is 0 Å². The van der Waals surface area contributed by atoms with Gasteiger partial charge >= 0.3 is 0 Å². The summed E-state index contributed by atoms with van der Waals surface area (Å²) in [5.41, 5.74) is -0.541. The van der Waals surface area contributed by atoms with Gasteiger partial charge in [0.25, 0.3) is 0 Å². The van der Waals surface area contributed by atoms with Crippen LogP contribution in [-0.4, -0.2) is 4.98 Å². The van der Waals surface area contributed by atoms with Crippen molar-refractivity contribution in [1.29, 1.82) is 5.26 Å². The molecule has 1 aromatic carbocycles. The van der Waals surface area contributed by atoms with Gasteiger partial charge in [-0.15, -0.1) is 0 Å². The lowest BCUT2D eigenvalue weighted by molar-refractivity contribution is 0.505. The molecule has 0 saturated carbocycles. The Morgan fingerprint density at radius 2 is 1.94 bits per heavy atom. The highest BCUT2D eigenvalue weighted by Crippen LogP contribution is 2.30. The first kappa shape index (κ1) is 10.7. The summed E-state index contributed by atoms with van der Waals surface area (Å²) >= 11 is 5.66. The van der Waals surface area contributed by atoms with Crippen LogP contribution < -0.4 is 0 Å². The van der Waals surface area contributed by atoms with E-state index in [1.807, 2.05) is 0 Å². The Morgan fingerprint density at radius 1 is 1.25 bits per heavy atom. The second-order valence-electron chi connectivity index (χ2n) is 2.98. The monoisotopic (exact) mass is 242 g/mol. The predicted octanol–water partition coefficient (Wildman–Crippen LogP) is 3.18. The van der Waals surface area contributed by atoms with Gasteiger partial charge in [0, 0.05) is 12.3 Å². The van der Waals surface area contributed by atoms with Gasteiger partial charge in [-0.05, 0) is 0 Å². The van der Waals surface area contributed by atoms with Crippen molar-refractivity contribution in [2.75, 3.05) is 0 Å². The molecule has 0 amide bonds. The van der Waals surface area contributed by atoms with Crippen molar-refractivity contribution in [3.05, 3.63) is 40.3 Å². The molecule has 0 radical (unpaired) electrons. The Kier molecular flexibility index (Phi) is 2.44. The molecule has 0 unspecified atom stereocenters. The summed E-state index contributed by atoms with van der Waals surface area (Å²) < 4.78 is 39.6. The normalized spacial score (nSPS) is 10.4. The number of rotatable bonds is 0. The third-order valence-electron chi connectivity index (χ3n) is 2.04. The van der Waals surface area contributed by atoms with Gasteiger partial charge < -0.3 is 0 Å². The number of hydrogen-bond donors (Lipinski definition) is 0. The number of hydrogen-bond acceptors (Lipinski definition) is 2. The van der Waals surface area contributed by atoms with Gasteiger partial charge in [0.2, 0.25) is 0 Å². The first-order valence-corrected chi connectivity index (χ1v) is 4.46. The highest BCUT2D eigenvalue weighted by molar-refractivity contribution is 6.36. The maximum atomic E-state index is 13.4. The predicted molar refractivity (Wildman–Crippen MR) is 51.3 cm³/mol. The maximum absolute atomic E-state index is 13.4. The molecule has 2 aromatic rings. The van der Waals surface area contributed by atoms with Gasteiger partial charge in [-0.2, -0.15) is 5.26 Å². The maximum Gasteiger partial charge on any atom is 0.169 e. The summed E-state index contributed by atoms with van der Waals surface area (Å²) in [5.74, 6) is -3.71. The molecule has 2 rings (SSSR count). The van der Waals surface area contributed by atoms with Crippen molar-refractivity contribution in [3.8, 4) is 6.07 Å². The van der Waals surface area contributed by atoms with E-state index in [-0.39, 0.29) is 10.6 Å². The van der Waals surface area contributed by atoms with Crippen LogP contribution in [0.25, 0.3) is 10.9 Å². The third kappa shape index (κ3) is 1.39. The summed E-state index contributed by atoms with van der Waals surface area (Å²) in [4.78, 5) is 3.53. The minimum absolute atomic E-state index is 0.141. The number of nitriles is 1. The minimum atomic E-state index is -1.37. The molecule has 0 bridgehead atoms. The average molecular weight is 243 g/mol. The zero-order valence-corrected chi connectivity index (χ0v) is 8.32. The van der Waals surface area contributed by atoms with Crippen LogP contribution in [0.4, 0.5) is 13.2 Å². The number of pyridine rings is 1. The van der Waals surface area contributed by atoms with Gasteiger partial charge in [-0.3, -0.25) is 4.98 Å². The fraction of sp³-hybridized carbons (Fsp3) is 0. The Labute approximate surface area is 92.9 Å². The van der Waals surface area contributed by atoms with Crippen LogP contribution >= 0.6 is 11.6 Å². The van der Waals surface area contributed by atoms with Crippen LogP contribution in [0.2, 0.25) is 5.02 Å². The molecule has 0 aliphatic rings. The van der Waals surface area contributed by atoms with Crippen molar-refractivity contribution >= 4 is 22.5 Å². The first-order chi connectivity index (χ1) is 7.56. The van der Waals surface area contributed by atoms with Crippen molar-refractivity contribution in [3.63, 3.8) is 0 Å². The molecule has 6 heteroatoms. The largest absolute Gasteiger partial charge is 0.252 e. The second kappa shape index (κ2) is 3.65. The summed E-state index contributed by atoms with van der Waals surface area (Å²) in [6.45, 7) is 0. The van der Waals surface area contributed by atoms with E-state index in [1.54, 1.807) is 6.07 Å². The molecule has 0 aliphatic carbocycles. The summed E-state index contributed by atoms with van der Waals surface area (Å²) in [5, 5.41) is 7.76. The van der Waals surface area contributed by atoms with E-state index >= 15 is 0 Å². The Morgan fingerprint density at radius 3 is 2.56 bits per heavy atom. The molecular formula is C10H2ClF3N2. The number of fused-ring (bicyclic) bond motifs is 1. The third-order valence-corrected chi connectivity index (χ3v) is 2.44. The second-order valence-corrected chi connectivity index (χ2v) is 3.35. The molecule has 0 saturated heterocycles. The summed E-state index contributed by atoms with van der Waals surface area (Å²) in [6.07, 6.45) is 1.01. The van der Waals surface area contributed by atoms with Gasteiger partial charge in [0.15, 0.2) is 17.5 Å². The van der Waals surface area contributed by atoms with E-state index in [4.69, 9.17) is 16.9 Å². The van der Waals surface area contributed by atoms with Crippen LogP contribution in [0.15, 0.2) is 12.3 Å². The molecule has 16 heavy (non-hydrogen) atoms. The van der Waals surface area contributed by atoms with E-state index in [1.165, 1.54) is 0 Å². The van der Waals surface area contributed by atoms with E-state index in [2.05, 4.69) is 4.98 Å². The summed E-state index contributed by atoms with van der Waals surface area (Å²) in [7, 11) is 0. The van der Waals surface area contributed by atoms with Crippen molar-refractivity contribution in [2.24, 2.45) is 0 Å². The number of aromatic nitrogens is 1. The SMILES string of the molecule is N#Cc1cnc2c(F)cc(F)c(F)c2c1Cl. The quantitative estimate of drug-likeness (QED) is 0.665. The molecule has 1 heterocycles. The van der Waals surface area contributed by atoms with Crippen LogP contribution in [0, 0.1) is 28.8 Å². The fourth-order valence-corrected chi connectivity index (χ4v) is 1.57. The van der Waals surface area contributed by atoms with Gasteiger partial charge in [0.05, 0.1) is 16.0 Å². The van der Waals surface area contributed by atoms with Gasteiger partial charge in [0.1, 0.15) is 11.6 Å². The van der Waals surface area contributed by atoms with Crippen molar-refractivity contribution < 1.29 is 13.2 Å². The number of nitrogens with zero attached hydrogens (tertiary/aromatic N) is 2. The van der Waals surface area contributed by atoms with Crippen LogP contribution in [0.1, 0.15) is 5.56 Å². The molecule has 1 aromatic heterocycles. The van der Waals surface area contributed by atoms with E-state index < -0.39 is 28.4 Å². The van der Waals surface area contributed by atoms with Gasteiger partial charge in [-0.25, -0.2) is 13.2 Å². The molecule has 0 fully saturated rings. The molecule has 80 valence electrons. The lowest BCUT2D eigenvalue weighted by atomic mass is 10.1. The lowest BCUT2D eigenvalue weighted by Gasteiger charge is -2.04. The highest BCUT2D eigenvalue weighted by atomic mass is 35.5. The molecule has 2 nitrogen and oxygen atoms in total. The van der Waals surface area contributed by atoms with Crippen LogP contribution in [0.5, 0.6) is 0 Å². The molecule has 0 aliphatic heterocycles. The summed E-state index contributed by atoms with van der Waals surface area (Å²) in [6, 6.07) is 2.03. The number of halogens is 4. The highest BCUT2D eigenvalue weighted by Gasteiger charge is 2.18. The smallest absolute Gasteiger partial charge is 0.169 e. The standard InChI is InChI=1S/C10H2ClF3N2/c11-8-4(2-15)3-16-10-6(13)1-5(12)9(14)7(8)10/h1,3H. The minimum Gasteiger partial charge on any atom is -0.252 e. The van der Waals surface area contributed by atoms with Crippen molar-refractivity contribution in [1.82, 2.24) is 4.98 Å². The van der Waals surface area contributed by atoms with Crippen LogP contribution in [0.3, 0.4) is 0 Å². The Bertz CT molecular complexity index is 634. The average Bonchev–Trinajstić information content (AvgIpc) is 2.26. The lowest BCUT2D eigenvalue weighted by Crippen LogP contribution is -1.95. The fourth-order valence-electron chi connectivity index (χ4n) is 1.31. The topological polar surface area (TPSA) is 36.7 Å².